The molecule has 5 heteroatoms. The van der Waals surface area contributed by atoms with Crippen LogP contribution in [0.25, 0.3) is 0 Å². The number of nitrogens with zero attached hydrogens (tertiary/aromatic N) is 1. The summed E-state index contributed by atoms with van der Waals surface area (Å²) in [5.74, 6) is -0.486. The molecule has 1 fully saturated rings. The fourth-order valence-corrected chi connectivity index (χ4v) is 2.30. The van der Waals surface area contributed by atoms with E-state index in [0.29, 0.717) is 6.42 Å². The SMILES string of the molecule is O=C(O)[C@@H]1C[C@@H](c2nccs2)CN1. The molecule has 70 valence electrons. The van der Waals surface area contributed by atoms with Gasteiger partial charge in [0.15, 0.2) is 0 Å². The number of thiazole rings is 1. The summed E-state index contributed by atoms with van der Waals surface area (Å²) in [7, 11) is 0. The Morgan fingerprint density at radius 2 is 2.62 bits per heavy atom. The molecular formula is C8H10N2O2S. The zero-order chi connectivity index (χ0) is 9.26. The first kappa shape index (κ1) is 8.65. The Bertz CT molecular complexity index is 299. The lowest BCUT2D eigenvalue weighted by molar-refractivity contribution is -0.139. The van der Waals surface area contributed by atoms with Crippen LogP contribution in [0.3, 0.4) is 0 Å². The van der Waals surface area contributed by atoms with Crippen molar-refractivity contribution in [3.05, 3.63) is 16.6 Å². The number of aromatic nitrogens is 1. The van der Waals surface area contributed by atoms with E-state index in [1.165, 1.54) is 0 Å². The fraction of sp³-hybridized carbons (Fsp3) is 0.500. The molecule has 0 spiro atoms. The van der Waals surface area contributed by atoms with Gasteiger partial charge in [0.05, 0.1) is 5.01 Å². The van der Waals surface area contributed by atoms with E-state index >= 15 is 0 Å². The van der Waals surface area contributed by atoms with Crippen molar-refractivity contribution >= 4 is 17.3 Å². The van der Waals surface area contributed by atoms with Crippen molar-refractivity contribution in [3.8, 4) is 0 Å². The lowest BCUT2D eigenvalue weighted by Gasteiger charge is -2.02. The molecule has 1 aliphatic rings. The van der Waals surface area contributed by atoms with Crippen LogP contribution in [0, 0.1) is 0 Å². The van der Waals surface area contributed by atoms with Crippen LogP contribution < -0.4 is 5.32 Å². The van der Waals surface area contributed by atoms with E-state index in [0.717, 1.165) is 11.6 Å². The maximum atomic E-state index is 10.6. The molecule has 2 N–H and O–H groups in total. The van der Waals surface area contributed by atoms with Gasteiger partial charge in [-0.05, 0) is 6.42 Å². The molecule has 2 atom stereocenters. The van der Waals surface area contributed by atoms with Crippen LogP contribution >= 0.6 is 11.3 Å². The molecule has 1 aromatic heterocycles. The second kappa shape index (κ2) is 3.43. The fourth-order valence-electron chi connectivity index (χ4n) is 1.55. The molecule has 0 unspecified atom stereocenters. The molecule has 0 bridgehead atoms. The molecule has 4 nitrogen and oxygen atoms in total. The van der Waals surface area contributed by atoms with Crippen molar-refractivity contribution in [2.45, 2.75) is 18.4 Å². The third kappa shape index (κ3) is 1.71. The first-order valence-corrected chi connectivity index (χ1v) is 5.01. The maximum Gasteiger partial charge on any atom is 0.320 e. The van der Waals surface area contributed by atoms with Crippen molar-refractivity contribution in [2.75, 3.05) is 6.54 Å². The zero-order valence-electron chi connectivity index (χ0n) is 6.93. The maximum absolute atomic E-state index is 10.6. The Morgan fingerprint density at radius 3 is 3.15 bits per heavy atom. The van der Waals surface area contributed by atoms with Crippen LogP contribution in [0.2, 0.25) is 0 Å². The van der Waals surface area contributed by atoms with E-state index in [-0.39, 0.29) is 5.92 Å². The molecular weight excluding hydrogens is 188 g/mol. The molecule has 1 aliphatic heterocycles. The Hall–Kier alpha value is -0.940. The molecule has 0 saturated carbocycles. The third-order valence-corrected chi connectivity index (χ3v) is 3.17. The predicted octanol–water partition coefficient (Wildman–Crippen LogP) is 0.673. The van der Waals surface area contributed by atoms with Crippen molar-refractivity contribution in [3.63, 3.8) is 0 Å². The Balaban J connectivity index is 2.03. The number of nitrogens with one attached hydrogen (secondary N) is 1. The number of hydrogen-bond donors (Lipinski definition) is 2. The first-order chi connectivity index (χ1) is 6.27. The van der Waals surface area contributed by atoms with E-state index in [2.05, 4.69) is 10.3 Å². The van der Waals surface area contributed by atoms with Gasteiger partial charge in [-0.3, -0.25) is 4.79 Å². The van der Waals surface area contributed by atoms with Crippen molar-refractivity contribution in [1.29, 1.82) is 0 Å². The Morgan fingerprint density at radius 1 is 1.77 bits per heavy atom. The topological polar surface area (TPSA) is 62.2 Å². The zero-order valence-corrected chi connectivity index (χ0v) is 7.75. The van der Waals surface area contributed by atoms with E-state index < -0.39 is 12.0 Å². The van der Waals surface area contributed by atoms with Gasteiger partial charge in [0.1, 0.15) is 6.04 Å². The quantitative estimate of drug-likeness (QED) is 0.733. The summed E-state index contributed by atoms with van der Waals surface area (Å²) in [6, 6.07) is -0.395. The smallest absolute Gasteiger partial charge is 0.320 e. The van der Waals surface area contributed by atoms with Gasteiger partial charge in [-0.25, -0.2) is 4.98 Å². The highest BCUT2D eigenvalue weighted by Crippen LogP contribution is 2.26. The lowest BCUT2D eigenvalue weighted by atomic mass is 10.1. The summed E-state index contributed by atoms with van der Waals surface area (Å²) in [4.78, 5) is 14.8. The second-order valence-electron chi connectivity index (χ2n) is 3.10. The van der Waals surface area contributed by atoms with Gasteiger partial charge in [-0.2, -0.15) is 0 Å². The van der Waals surface area contributed by atoms with Gasteiger partial charge in [0.25, 0.3) is 0 Å². The van der Waals surface area contributed by atoms with Crippen LogP contribution in [0.4, 0.5) is 0 Å². The number of aliphatic carboxylic acids is 1. The molecule has 2 heterocycles. The summed E-state index contributed by atoms with van der Waals surface area (Å²) in [5, 5.41) is 14.7. The highest BCUT2D eigenvalue weighted by Gasteiger charge is 2.31. The summed E-state index contributed by atoms with van der Waals surface area (Å²) >= 11 is 1.59. The predicted molar refractivity (Wildman–Crippen MR) is 48.9 cm³/mol. The molecule has 0 amide bonds. The average Bonchev–Trinajstić information content (AvgIpc) is 2.75. The normalized spacial score (nSPS) is 27.7. The van der Waals surface area contributed by atoms with E-state index in [1.807, 2.05) is 5.38 Å². The van der Waals surface area contributed by atoms with Crippen molar-refractivity contribution in [2.24, 2.45) is 0 Å². The van der Waals surface area contributed by atoms with Gasteiger partial charge in [-0.15, -0.1) is 11.3 Å². The van der Waals surface area contributed by atoms with Crippen LogP contribution in [-0.4, -0.2) is 28.6 Å². The molecule has 13 heavy (non-hydrogen) atoms. The van der Waals surface area contributed by atoms with E-state index in [1.54, 1.807) is 17.5 Å². The minimum Gasteiger partial charge on any atom is -0.480 e. The number of carboxylic acid groups (broad SMARTS) is 1. The number of carbonyl (C=O) groups is 1. The third-order valence-electron chi connectivity index (χ3n) is 2.23. The second-order valence-corrected chi connectivity index (χ2v) is 4.03. The van der Waals surface area contributed by atoms with Gasteiger partial charge in [-0.1, -0.05) is 0 Å². The standard InChI is InChI=1S/C8H10N2O2S/c11-8(12)6-3-5(4-10-6)7-9-1-2-13-7/h1-2,5-6,10H,3-4H2,(H,11,12)/t5-,6+/m1/s1. The summed E-state index contributed by atoms with van der Waals surface area (Å²) in [6.07, 6.45) is 2.41. The van der Waals surface area contributed by atoms with E-state index in [9.17, 15) is 4.79 Å². The molecule has 2 rings (SSSR count). The Labute approximate surface area is 79.6 Å². The molecule has 0 radical (unpaired) electrons. The minimum atomic E-state index is -0.765. The number of carboxylic acids is 1. The summed E-state index contributed by atoms with van der Waals surface area (Å²) in [5.41, 5.74) is 0. The summed E-state index contributed by atoms with van der Waals surface area (Å²) < 4.78 is 0. The number of hydrogen-bond acceptors (Lipinski definition) is 4. The molecule has 1 aromatic rings. The largest absolute Gasteiger partial charge is 0.480 e. The lowest BCUT2D eigenvalue weighted by Crippen LogP contribution is -2.29. The van der Waals surface area contributed by atoms with Crippen LogP contribution in [0.5, 0.6) is 0 Å². The van der Waals surface area contributed by atoms with Gasteiger partial charge in [0.2, 0.25) is 0 Å². The van der Waals surface area contributed by atoms with Crippen LogP contribution in [0.15, 0.2) is 11.6 Å². The highest BCUT2D eigenvalue weighted by molar-refractivity contribution is 7.09. The Kier molecular flexibility index (Phi) is 2.28. The minimum absolute atomic E-state index is 0.279. The van der Waals surface area contributed by atoms with Gasteiger partial charge in [0, 0.05) is 24.0 Å². The molecule has 1 saturated heterocycles. The highest BCUT2D eigenvalue weighted by atomic mass is 32.1. The van der Waals surface area contributed by atoms with Crippen molar-refractivity contribution in [1.82, 2.24) is 10.3 Å². The summed E-state index contributed by atoms with van der Waals surface area (Å²) in [6.45, 7) is 0.727. The average molecular weight is 198 g/mol. The molecule has 0 aromatic carbocycles. The van der Waals surface area contributed by atoms with E-state index in [4.69, 9.17) is 5.11 Å². The van der Waals surface area contributed by atoms with Crippen LogP contribution in [-0.2, 0) is 4.79 Å². The van der Waals surface area contributed by atoms with Crippen LogP contribution in [0.1, 0.15) is 17.3 Å². The number of rotatable bonds is 2. The molecule has 0 aliphatic carbocycles. The monoisotopic (exact) mass is 198 g/mol. The first-order valence-electron chi connectivity index (χ1n) is 4.13. The van der Waals surface area contributed by atoms with Gasteiger partial charge >= 0.3 is 5.97 Å². The van der Waals surface area contributed by atoms with Crippen molar-refractivity contribution < 1.29 is 9.90 Å². The van der Waals surface area contributed by atoms with Gasteiger partial charge < -0.3 is 10.4 Å².